The van der Waals surface area contributed by atoms with Gasteiger partial charge in [0.15, 0.2) is 0 Å². The van der Waals surface area contributed by atoms with E-state index in [1.807, 2.05) is 44.2 Å². The van der Waals surface area contributed by atoms with Crippen LogP contribution in [-0.2, 0) is 4.79 Å². The van der Waals surface area contributed by atoms with E-state index in [9.17, 15) is 4.79 Å². The third kappa shape index (κ3) is 3.70. The van der Waals surface area contributed by atoms with E-state index >= 15 is 0 Å². The van der Waals surface area contributed by atoms with Gasteiger partial charge in [-0.1, -0.05) is 49.4 Å². The number of carbonyl (C=O) groups excluding carboxylic acids is 1. The lowest BCUT2D eigenvalue weighted by Crippen LogP contribution is -2.15. The second-order valence-electron chi connectivity index (χ2n) is 5.38. The first-order chi connectivity index (χ1) is 9.56. The minimum Gasteiger partial charge on any atom is -0.326 e. The van der Waals surface area contributed by atoms with Crippen molar-refractivity contribution in [3.05, 3.63) is 65.2 Å². The van der Waals surface area contributed by atoms with Crippen molar-refractivity contribution in [1.29, 1.82) is 0 Å². The number of aryl methyl sites for hydroxylation is 2. The van der Waals surface area contributed by atoms with Crippen molar-refractivity contribution in [3.8, 4) is 0 Å². The summed E-state index contributed by atoms with van der Waals surface area (Å²) in [4.78, 5) is 12.1. The molecule has 0 bridgehead atoms. The molecule has 0 saturated carbocycles. The molecule has 1 amide bonds. The predicted molar refractivity (Wildman–Crippen MR) is 84.0 cm³/mol. The molecule has 0 unspecified atom stereocenters. The monoisotopic (exact) mass is 267 g/mol. The van der Waals surface area contributed by atoms with Crippen molar-refractivity contribution < 1.29 is 4.79 Å². The van der Waals surface area contributed by atoms with E-state index in [0.29, 0.717) is 6.42 Å². The molecule has 2 aromatic rings. The fourth-order valence-corrected chi connectivity index (χ4v) is 2.25. The summed E-state index contributed by atoms with van der Waals surface area (Å²) in [5.41, 5.74) is 4.36. The number of hydrogen-bond acceptors (Lipinski definition) is 1. The molecule has 0 aliphatic carbocycles. The van der Waals surface area contributed by atoms with Gasteiger partial charge in [-0.25, -0.2) is 0 Å². The molecule has 2 nitrogen and oxygen atoms in total. The van der Waals surface area contributed by atoms with Crippen LogP contribution in [0.4, 0.5) is 5.69 Å². The lowest BCUT2D eigenvalue weighted by Gasteiger charge is -2.13. The molecule has 104 valence electrons. The number of nitrogens with one attached hydrogen (secondary N) is 1. The quantitative estimate of drug-likeness (QED) is 0.872. The third-order valence-electron chi connectivity index (χ3n) is 3.53. The van der Waals surface area contributed by atoms with Crippen LogP contribution < -0.4 is 5.32 Å². The van der Waals surface area contributed by atoms with Crippen molar-refractivity contribution in [1.82, 2.24) is 0 Å². The van der Waals surface area contributed by atoms with Crippen molar-refractivity contribution in [2.45, 2.75) is 33.1 Å². The molecular formula is C18H21NO. The lowest BCUT2D eigenvalue weighted by atomic mass is 9.97. The highest BCUT2D eigenvalue weighted by molar-refractivity contribution is 5.92. The van der Waals surface area contributed by atoms with Crippen LogP contribution in [0.2, 0.25) is 0 Å². The first-order valence-electron chi connectivity index (χ1n) is 6.98. The molecule has 2 rings (SSSR count). The van der Waals surface area contributed by atoms with E-state index in [4.69, 9.17) is 0 Å². The Kier molecular flexibility index (Phi) is 4.57. The van der Waals surface area contributed by atoms with E-state index in [-0.39, 0.29) is 11.8 Å². The van der Waals surface area contributed by atoms with Crippen LogP contribution in [0.15, 0.2) is 48.5 Å². The molecule has 2 aromatic carbocycles. The second kappa shape index (κ2) is 6.38. The lowest BCUT2D eigenvalue weighted by molar-refractivity contribution is -0.116. The molecular weight excluding hydrogens is 246 g/mol. The molecule has 1 atom stereocenters. The molecule has 20 heavy (non-hydrogen) atoms. The largest absolute Gasteiger partial charge is 0.326 e. The number of carbonyl (C=O) groups is 1. The minimum atomic E-state index is 0.0649. The van der Waals surface area contributed by atoms with Gasteiger partial charge in [0.1, 0.15) is 0 Å². The van der Waals surface area contributed by atoms with E-state index in [2.05, 4.69) is 30.4 Å². The second-order valence-corrected chi connectivity index (χ2v) is 5.38. The van der Waals surface area contributed by atoms with Crippen molar-refractivity contribution in [2.75, 3.05) is 5.32 Å². The normalized spacial score (nSPS) is 11.9. The van der Waals surface area contributed by atoms with E-state index in [1.165, 1.54) is 5.56 Å². The van der Waals surface area contributed by atoms with E-state index in [1.54, 1.807) is 0 Å². The zero-order chi connectivity index (χ0) is 14.5. The summed E-state index contributed by atoms with van der Waals surface area (Å²) in [6.45, 7) is 6.12. The van der Waals surface area contributed by atoms with Gasteiger partial charge in [0.2, 0.25) is 5.91 Å². The van der Waals surface area contributed by atoms with Crippen molar-refractivity contribution in [3.63, 3.8) is 0 Å². The highest BCUT2D eigenvalue weighted by Gasteiger charge is 2.12. The highest BCUT2D eigenvalue weighted by atomic mass is 16.1. The Bertz CT molecular complexity index is 590. The van der Waals surface area contributed by atoms with Crippen LogP contribution in [0.1, 0.15) is 36.0 Å². The zero-order valence-corrected chi connectivity index (χ0v) is 12.3. The van der Waals surface area contributed by atoms with Crippen LogP contribution >= 0.6 is 0 Å². The zero-order valence-electron chi connectivity index (χ0n) is 12.3. The fourth-order valence-electron chi connectivity index (χ4n) is 2.25. The van der Waals surface area contributed by atoms with Gasteiger partial charge in [-0.15, -0.1) is 0 Å². The number of amides is 1. The van der Waals surface area contributed by atoms with Gasteiger partial charge < -0.3 is 5.32 Å². The van der Waals surface area contributed by atoms with Gasteiger partial charge in [0.25, 0.3) is 0 Å². The molecule has 1 N–H and O–H groups in total. The Hall–Kier alpha value is -2.09. The Morgan fingerprint density at radius 3 is 2.50 bits per heavy atom. The van der Waals surface area contributed by atoms with Gasteiger partial charge in [0.05, 0.1) is 0 Å². The summed E-state index contributed by atoms with van der Waals surface area (Å²) in [6, 6.07) is 16.2. The summed E-state index contributed by atoms with van der Waals surface area (Å²) < 4.78 is 0. The summed E-state index contributed by atoms with van der Waals surface area (Å²) in [5, 5.41) is 3.01. The SMILES string of the molecule is Cc1ccc(C)c(NC(=O)C[C@@H](C)c2ccccc2)c1. The Morgan fingerprint density at radius 1 is 1.10 bits per heavy atom. The van der Waals surface area contributed by atoms with Gasteiger partial charge in [0, 0.05) is 12.1 Å². The van der Waals surface area contributed by atoms with Crippen molar-refractivity contribution in [2.24, 2.45) is 0 Å². The summed E-state index contributed by atoms with van der Waals surface area (Å²) in [6.07, 6.45) is 0.497. The molecule has 2 heteroatoms. The average Bonchev–Trinajstić information content (AvgIpc) is 2.43. The third-order valence-corrected chi connectivity index (χ3v) is 3.53. The minimum absolute atomic E-state index is 0.0649. The molecule has 0 spiro atoms. The number of benzene rings is 2. The van der Waals surface area contributed by atoms with Gasteiger partial charge in [-0.3, -0.25) is 4.79 Å². The van der Waals surface area contributed by atoms with Crippen molar-refractivity contribution >= 4 is 11.6 Å². The van der Waals surface area contributed by atoms with Crippen LogP contribution in [0.25, 0.3) is 0 Å². The Morgan fingerprint density at radius 2 is 1.80 bits per heavy atom. The maximum absolute atomic E-state index is 12.1. The Labute approximate surface area is 120 Å². The van der Waals surface area contributed by atoms with Crippen LogP contribution in [0.5, 0.6) is 0 Å². The molecule has 0 saturated heterocycles. The molecule has 0 aliphatic heterocycles. The van der Waals surface area contributed by atoms with Crippen LogP contribution in [-0.4, -0.2) is 5.91 Å². The molecule has 0 heterocycles. The number of hydrogen-bond donors (Lipinski definition) is 1. The molecule has 0 radical (unpaired) electrons. The van der Waals surface area contributed by atoms with Crippen LogP contribution in [0.3, 0.4) is 0 Å². The van der Waals surface area contributed by atoms with Gasteiger partial charge >= 0.3 is 0 Å². The average molecular weight is 267 g/mol. The summed E-state index contributed by atoms with van der Waals surface area (Å²) in [7, 11) is 0. The smallest absolute Gasteiger partial charge is 0.224 e. The first kappa shape index (κ1) is 14.3. The maximum atomic E-state index is 12.1. The fraction of sp³-hybridized carbons (Fsp3) is 0.278. The highest BCUT2D eigenvalue weighted by Crippen LogP contribution is 2.21. The summed E-state index contributed by atoms with van der Waals surface area (Å²) in [5.74, 6) is 0.288. The van der Waals surface area contributed by atoms with E-state index < -0.39 is 0 Å². The van der Waals surface area contributed by atoms with E-state index in [0.717, 1.165) is 16.8 Å². The molecule has 0 aliphatic rings. The number of rotatable bonds is 4. The first-order valence-corrected chi connectivity index (χ1v) is 6.98. The Balaban J connectivity index is 2.01. The summed E-state index contributed by atoms with van der Waals surface area (Å²) >= 11 is 0. The molecule has 0 aromatic heterocycles. The maximum Gasteiger partial charge on any atom is 0.224 e. The topological polar surface area (TPSA) is 29.1 Å². The molecule has 0 fully saturated rings. The standard InChI is InChI=1S/C18H21NO/c1-13-9-10-14(2)17(11-13)19-18(20)12-15(3)16-7-5-4-6-8-16/h4-11,15H,12H2,1-3H3,(H,19,20)/t15-/m1/s1. The number of anilines is 1. The predicted octanol–water partition coefficient (Wildman–Crippen LogP) is 4.44. The van der Waals surface area contributed by atoms with Crippen LogP contribution in [0, 0.1) is 13.8 Å². The van der Waals surface area contributed by atoms with Gasteiger partial charge in [-0.2, -0.15) is 0 Å². The van der Waals surface area contributed by atoms with Gasteiger partial charge in [-0.05, 0) is 42.5 Å².